The first-order valence-corrected chi connectivity index (χ1v) is 9.43. The summed E-state index contributed by atoms with van der Waals surface area (Å²) in [6, 6.07) is 0. The molecule has 9 nitrogen and oxygen atoms in total. The van der Waals surface area contributed by atoms with Crippen molar-refractivity contribution in [2.45, 2.75) is 77.3 Å². The summed E-state index contributed by atoms with van der Waals surface area (Å²) in [7, 11) is 1.65. The molecule has 0 saturated carbocycles. The van der Waals surface area contributed by atoms with E-state index in [1.54, 1.807) is 13.4 Å². The molecule has 0 aliphatic carbocycles. The number of hydrogen-bond acceptors (Lipinski definition) is 8. The number of hydrogen-bond donors (Lipinski definition) is 1. The molecule has 0 aromatic carbocycles. The third-order valence-corrected chi connectivity index (χ3v) is 4.39. The standard InChI is InChI=1S/C19H31N5O4/c1-18(2,3)26-8-11-13(28-19(4,5)6)14(25-7)17(27-11)24-10-23-12-15(20)21-9-22-16(12)24/h9-11,13-14,17H,8H2,1-7H3,(H2,20,21,22)/t11-,13?,14?,17-/m1/s1. The van der Waals surface area contributed by atoms with Gasteiger partial charge in [0.15, 0.2) is 17.7 Å². The molecule has 0 radical (unpaired) electrons. The van der Waals surface area contributed by atoms with Gasteiger partial charge in [-0.05, 0) is 41.5 Å². The molecule has 1 fully saturated rings. The zero-order chi connectivity index (χ0) is 20.7. The molecule has 3 heterocycles. The maximum Gasteiger partial charge on any atom is 0.167 e. The first-order chi connectivity index (χ1) is 13.0. The Morgan fingerprint density at radius 1 is 1.07 bits per heavy atom. The molecule has 9 heteroatoms. The highest BCUT2D eigenvalue weighted by Gasteiger charge is 2.49. The molecular formula is C19H31N5O4. The second-order valence-corrected chi connectivity index (χ2v) is 8.97. The number of nitrogens with two attached hydrogens (primary N) is 1. The van der Waals surface area contributed by atoms with E-state index in [0.717, 1.165) is 0 Å². The fraction of sp³-hybridized carbons (Fsp3) is 0.737. The van der Waals surface area contributed by atoms with Gasteiger partial charge in [0.05, 0.1) is 24.1 Å². The van der Waals surface area contributed by atoms with Crippen molar-refractivity contribution in [3.63, 3.8) is 0 Å². The summed E-state index contributed by atoms with van der Waals surface area (Å²) in [5.74, 6) is 0.325. The first kappa shape index (κ1) is 20.9. The van der Waals surface area contributed by atoms with Gasteiger partial charge in [0.1, 0.15) is 30.2 Å². The Morgan fingerprint density at radius 3 is 2.39 bits per heavy atom. The number of aromatic nitrogens is 4. The number of anilines is 1. The molecule has 0 spiro atoms. The number of fused-ring (bicyclic) bond motifs is 1. The second kappa shape index (κ2) is 7.55. The minimum Gasteiger partial charge on any atom is -0.382 e. The van der Waals surface area contributed by atoms with Crippen molar-refractivity contribution in [1.29, 1.82) is 0 Å². The Labute approximate surface area is 165 Å². The lowest BCUT2D eigenvalue weighted by molar-refractivity contribution is -0.140. The molecule has 3 rings (SSSR count). The Bertz CT molecular complexity index is 811. The summed E-state index contributed by atoms with van der Waals surface area (Å²) in [5.41, 5.74) is 6.38. The number of rotatable bonds is 5. The summed E-state index contributed by atoms with van der Waals surface area (Å²) in [6.45, 7) is 12.4. The van der Waals surface area contributed by atoms with Gasteiger partial charge in [-0.2, -0.15) is 0 Å². The van der Waals surface area contributed by atoms with Crippen LogP contribution < -0.4 is 5.73 Å². The molecular weight excluding hydrogens is 362 g/mol. The lowest BCUT2D eigenvalue weighted by Crippen LogP contribution is -2.43. The smallest absolute Gasteiger partial charge is 0.167 e. The van der Waals surface area contributed by atoms with Gasteiger partial charge in [0.2, 0.25) is 0 Å². The number of methoxy groups -OCH3 is 1. The molecule has 156 valence electrons. The molecule has 2 aromatic heterocycles. The van der Waals surface area contributed by atoms with Crippen LogP contribution in [0.2, 0.25) is 0 Å². The summed E-state index contributed by atoms with van der Waals surface area (Å²) < 4.78 is 26.3. The summed E-state index contributed by atoms with van der Waals surface area (Å²) in [6.07, 6.45) is 1.56. The van der Waals surface area contributed by atoms with Gasteiger partial charge in [0.25, 0.3) is 0 Å². The number of nitrogens with zero attached hydrogens (tertiary/aromatic N) is 4. The van der Waals surface area contributed by atoms with E-state index in [-0.39, 0.29) is 29.5 Å². The molecule has 2 N–H and O–H groups in total. The largest absolute Gasteiger partial charge is 0.382 e. The maximum absolute atomic E-state index is 6.36. The highest BCUT2D eigenvalue weighted by atomic mass is 16.6. The molecule has 0 amide bonds. The van der Waals surface area contributed by atoms with Crippen molar-refractivity contribution in [3.8, 4) is 0 Å². The van der Waals surface area contributed by atoms with E-state index in [1.165, 1.54) is 6.33 Å². The normalized spacial score (nSPS) is 26.2. The summed E-state index contributed by atoms with van der Waals surface area (Å²) in [4.78, 5) is 12.7. The molecule has 1 saturated heterocycles. The fourth-order valence-electron chi connectivity index (χ4n) is 3.26. The van der Waals surface area contributed by atoms with Crippen molar-refractivity contribution in [3.05, 3.63) is 12.7 Å². The van der Waals surface area contributed by atoms with Crippen molar-refractivity contribution in [1.82, 2.24) is 19.5 Å². The average Bonchev–Trinajstić information content (AvgIpc) is 3.13. The van der Waals surface area contributed by atoms with Crippen LogP contribution in [0.15, 0.2) is 12.7 Å². The van der Waals surface area contributed by atoms with Gasteiger partial charge in [-0.3, -0.25) is 4.57 Å². The molecule has 0 bridgehead atoms. The van der Waals surface area contributed by atoms with E-state index in [1.807, 2.05) is 46.1 Å². The lowest BCUT2D eigenvalue weighted by Gasteiger charge is -2.31. The van der Waals surface area contributed by atoms with E-state index >= 15 is 0 Å². The number of imidazole rings is 1. The SMILES string of the molecule is COC1C(OC(C)(C)C)[C@@H](COC(C)(C)C)O[C@H]1n1cnc2c(N)ncnc21. The van der Waals surface area contributed by atoms with Gasteiger partial charge in [-0.1, -0.05) is 0 Å². The Hall–Kier alpha value is -1.81. The monoisotopic (exact) mass is 393 g/mol. The highest BCUT2D eigenvalue weighted by Crippen LogP contribution is 2.37. The van der Waals surface area contributed by atoms with Crippen LogP contribution in [0, 0.1) is 0 Å². The molecule has 4 atom stereocenters. The molecule has 1 aliphatic rings. The van der Waals surface area contributed by atoms with E-state index in [4.69, 9.17) is 24.7 Å². The minimum absolute atomic E-state index is 0.292. The van der Waals surface area contributed by atoms with Gasteiger partial charge >= 0.3 is 0 Å². The molecule has 2 aromatic rings. The van der Waals surface area contributed by atoms with E-state index in [2.05, 4.69) is 15.0 Å². The van der Waals surface area contributed by atoms with Crippen LogP contribution in [-0.4, -0.2) is 62.7 Å². The van der Waals surface area contributed by atoms with Crippen LogP contribution in [0.3, 0.4) is 0 Å². The summed E-state index contributed by atoms with van der Waals surface area (Å²) in [5, 5.41) is 0. The van der Waals surface area contributed by atoms with Crippen molar-refractivity contribution in [2.24, 2.45) is 0 Å². The topological polar surface area (TPSA) is 107 Å². The predicted molar refractivity (Wildman–Crippen MR) is 105 cm³/mol. The Kier molecular flexibility index (Phi) is 5.64. The summed E-state index contributed by atoms with van der Waals surface area (Å²) >= 11 is 0. The zero-order valence-electron chi connectivity index (χ0n) is 17.7. The van der Waals surface area contributed by atoms with Crippen LogP contribution >= 0.6 is 0 Å². The second-order valence-electron chi connectivity index (χ2n) is 8.97. The maximum atomic E-state index is 6.36. The predicted octanol–water partition coefficient (Wildman–Crippen LogP) is 2.32. The molecule has 2 unspecified atom stereocenters. The van der Waals surface area contributed by atoms with Crippen LogP contribution in [0.4, 0.5) is 5.82 Å². The fourth-order valence-corrected chi connectivity index (χ4v) is 3.26. The van der Waals surface area contributed by atoms with Crippen LogP contribution in [0.5, 0.6) is 0 Å². The minimum atomic E-state index is -0.481. The van der Waals surface area contributed by atoms with Crippen molar-refractivity contribution in [2.75, 3.05) is 19.5 Å². The third kappa shape index (κ3) is 4.43. The van der Waals surface area contributed by atoms with E-state index in [9.17, 15) is 0 Å². The number of ether oxygens (including phenoxy) is 4. The Balaban J connectivity index is 1.95. The van der Waals surface area contributed by atoms with Gasteiger partial charge in [0, 0.05) is 7.11 Å². The van der Waals surface area contributed by atoms with E-state index in [0.29, 0.717) is 23.6 Å². The van der Waals surface area contributed by atoms with Crippen molar-refractivity contribution < 1.29 is 18.9 Å². The first-order valence-electron chi connectivity index (χ1n) is 9.43. The molecule has 28 heavy (non-hydrogen) atoms. The van der Waals surface area contributed by atoms with Gasteiger partial charge in [-0.15, -0.1) is 0 Å². The van der Waals surface area contributed by atoms with Gasteiger partial charge < -0.3 is 24.7 Å². The van der Waals surface area contributed by atoms with Crippen LogP contribution in [0.25, 0.3) is 11.2 Å². The lowest BCUT2D eigenvalue weighted by atomic mass is 10.1. The Morgan fingerprint density at radius 2 is 1.79 bits per heavy atom. The van der Waals surface area contributed by atoms with Gasteiger partial charge in [-0.25, -0.2) is 15.0 Å². The van der Waals surface area contributed by atoms with Crippen LogP contribution in [0.1, 0.15) is 47.8 Å². The zero-order valence-corrected chi connectivity index (χ0v) is 17.7. The van der Waals surface area contributed by atoms with E-state index < -0.39 is 6.23 Å². The average molecular weight is 393 g/mol. The number of nitrogen functional groups attached to an aromatic ring is 1. The van der Waals surface area contributed by atoms with Crippen LogP contribution in [-0.2, 0) is 18.9 Å². The van der Waals surface area contributed by atoms with Crippen molar-refractivity contribution >= 4 is 17.0 Å². The highest BCUT2D eigenvalue weighted by molar-refractivity contribution is 5.81. The third-order valence-electron chi connectivity index (χ3n) is 4.39. The molecule has 1 aliphatic heterocycles. The quantitative estimate of drug-likeness (QED) is 0.825.